The minimum atomic E-state index is -0.800. The van der Waals surface area contributed by atoms with Crippen LogP contribution in [0.15, 0.2) is 0 Å². The molecule has 174 valence electrons. The van der Waals surface area contributed by atoms with Gasteiger partial charge >= 0.3 is 5.97 Å². The van der Waals surface area contributed by atoms with E-state index < -0.39 is 11.5 Å². The Kier molecular flexibility index (Phi) is 17.8. The molecule has 0 amide bonds. The molecule has 0 saturated carbocycles. The molecular weight excluding hydrogens is 360 g/mol. The first-order chi connectivity index (χ1) is 13.9. The highest BCUT2D eigenvalue weighted by atomic mass is 16.4. The molecule has 0 aliphatic rings. The summed E-state index contributed by atoms with van der Waals surface area (Å²) in [4.78, 5) is 13.8. The third-order valence-corrected chi connectivity index (χ3v) is 6.82. The lowest BCUT2D eigenvalue weighted by Gasteiger charge is -2.39. The molecule has 0 spiro atoms. The number of carboxylic acid groups (broad SMARTS) is 1. The lowest BCUT2D eigenvalue weighted by Crippen LogP contribution is -2.54. The summed E-state index contributed by atoms with van der Waals surface area (Å²) in [6, 6.07) is 0. The van der Waals surface area contributed by atoms with E-state index in [2.05, 4.69) is 6.92 Å². The Balaban J connectivity index is 3.87. The number of aliphatic carboxylic acids is 1. The van der Waals surface area contributed by atoms with Gasteiger partial charge in [-0.25, -0.2) is 0 Å². The van der Waals surface area contributed by atoms with Gasteiger partial charge in [0.2, 0.25) is 0 Å². The van der Waals surface area contributed by atoms with Crippen LogP contribution in [0.2, 0.25) is 0 Å². The summed E-state index contributed by atoms with van der Waals surface area (Å²) in [6.45, 7) is 4.79. The van der Waals surface area contributed by atoms with Crippen LogP contribution in [-0.4, -0.2) is 42.2 Å². The van der Waals surface area contributed by atoms with Crippen molar-refractivity contribution in [3.63, 3.8) is 0 Å². The molecule has 0 saturated heterocycles. The van der Waals surface area contributed by atoms with Crippen molar-refractivity contribution in [2.45, 2.75) is 129 Å². The molecule has 3 N–H and O–H groups in total. The maximum absolute atomic E-state index is 11.9. The fourth-order valence-corrected chi connectivity index (χ4v) is 4.39. The Hall–Kier alpha value is -0.610. The van der Waals surface area contributed by atoms with E-state index in [9.17, 15) is 9.90 Å². The van der Waals surface area contributed by atoms with Crippen molar-refractivity contribution in [3.8, 4) is 0 Å². The molecule has 2 atom stereocenters. The topological polar surface area (TPSA) is 66.6 Å². The van der Waals surface area contributed by atoms with Gasteiger partial charge in [0.1, 0.15) is 5.54 Å². The van der Waals surface area contributed by atoms with Gasteiger partial charge in [-0.2, -0.15) is 0 Å². The number of nitrogens with two attached hydrogens (primary N) is 1. The van der Waals surface area contributed by atoms with E-state index in [0.29, 0.717) is 6.54 Å². The Bertz CT molecular complexity index is 387. The molecule has 0 bridgehead atoms. The van der Waals surface area contributed by atoms with Gasteiger partial charge in [0.05, 0.1) is 0 Å². The van der Waals surface area contributed by atoms with Crippen LogP contribution in [0.25, 0.3) is 0 Å². The Morgan fingerprint density at radius 3 is 1.52 bits per heavy atom. The van der Waals surface area contributed by atoms with E-state index in [4.69, 9.17) is 5.73 Å². The van der Waals surface area contributed by atoms with E-state index in [0.717, 1.165) is 25.7 Å². The van der Waals surface area contributed by atoms with Crippen LogP contribution in [0.4, 0.5) is 0 Å². The second-order valence-electron chi connectivity index (χ2n) is 9.36. The van der Waals surface area contributed by atoms with Crippen LogP contribution in [0, 0.1) is 5.92 Å². The molecule has 0 rings (SSSR count). The van der Waals surface area contributed by atoms with Gasteiger partial charge in [0.25, 0.3) is 0 Å². The second kappa shape index (κ2) is 18.2. The van der Waals surface area contributed by atoms with Crippen LogP contribution in [0.3, 0.4) is 0 Å². The molecule has 29 heavy (non-hydrogen) atoms. The monoisotopic (exact) mass is 412 g/mol. The minimum Gasteiger partial charge on any atom is -0.480 e. The van der Waals surface area contributed by atoms with E-state index >= 15 is 0 Å². The van der Waals surface area contributed by atoms with Gasteiger partial charge in [-0.3, -0.25) is 9.69 Å². The van der Waals surface area contributed by atoms with E-state index in [-0.39, 0.29) is 5.92 Å². The van der Waals surface area contributed by atoms with E-state index in [1.54, 1.807) is 0 Å². The molecule has 0 aromatic rings. The molecule has 1 unspecified atom stereocenters. The third kappa shape index (κ3) is 12.6. The number of carboxylic acids is 1. The maximum Gasteiger partial charge on any atom is 0.324 e. The van der Waals surface area contributed by atoms with Crippen molar-refractivity contribution in [1.29, 1.82) is 0 Å². The maximum atomic E-state index is 11.9. The first kappa shape index (κ1) is 28.4. The molecule has 0 aromatic heterocycles. The normalized spacial score (nSPS) is 14.8. The van der Waals surface area contributed by atoms with Crippen molar-refractivity contribution < 1.29 is 9.90 Å². The summed E-state index contributed by atoms with van der Waals surface area (Å²) in [6.07, 6.45) is 21.7. The highest BCUT2D eigenvalue weighted by molar-refractivity contribution is 5.78. The van der Waals surface area contributed by atoms with Crippen molar-refractivity contribution in [2.24, 2.45) is 11.7 Å². The SMILES string of the molecule is CCCCCCCCCCCCCCCCC(CCCN)[C@@](C)(C(=O)O)N(C)C. The van der Waals surface area contributed by atoms with Gasteiger partial charge in [-0.1, -0.05) is 96.8 Å². The molecule has 0 fully saturated rings. The minimum absolute atomic E-state index is 0.163. The highest BCUT2D eigenvalue weighted by Gasteiger charge is 2.42. The number of nitrogens with zero attached hydrogens (tertiary/aromatic N) is 1. The average molecular weight is 413 g/mol. The van der Waals surface area contributed by atoms with Crippen molar-refractivity contribution in [3.05, 3.63) is 0 Å². The molecule has 0 aliphatic heterocycles. The standard InChI is InChI=1S/C25H52N2O2/c1-5-6-7-8-9-10-11-12-13-14-15-16-17-18-20-23(21-19-22-26)25(2,24(28)29)27(3)4/h23H,5-22,26H2,1-4H3,(H,28,29)/t23?,25-/m0/s1. The second-order valence-corrected chi connectivity index (χ2v) is 9.36. The highest BCUT2D eigenvalue weighted by Crippen LogP contribution is 2.32. The van der Waals surface area contributed by atoms with Crippen molar-refractivity contribution >= 4 is 5.97 Å². The summed E-state index contributed by atoms with van der Waals surface area (Å²) in [7, 11) is 3.77. The summed E-state index contributed by atoms with van der Waals surface area (Å²) in [5.41, 5.74) is 4.89. The van der Waals surface area contributed by atoms with Crippen LogP contribution in [-0.2, 0) is 4.79 Å². The largest absolute Gasteiger partial charge is 0.480 e. The molecule has 0 aromatic carbocycles. The first-order valence-electron chi connectivity index (χ1n) is 12.5. The molecule has 0 radical (unpaired) electrons. The fourth-order valence-electron chi connectivity index (χ4n) is 4.39. The lowest BCUT2D eigenvalue weighted by molar-refractivity contribution is -0.153. The first-order valence-corrected chi connectivity index (χ1v) is 12.5. The Labute approximate surface area is 182 Å². The zero-order valence-corrected chi connectivity index (χ0v) is 20.2. The summed E-state index contributed by atoms with van der Waals surface area (Å²) in [5, 5.41) is 9.81. The fraction of sp³-hybridized carbons (Fsp3) is 0.960. The van der Waals surface area contributed by atoms with E-state index in [1.807, 2.05) is 25.9 Å². The van der Waals surface area contributed by atoms with Crippen molar-refractivity contribution in [2.75, 3.05) is 20.6 Å². The number of rotatable bonds is 21. The summed E-state index contributed by atoms with van der Waals surface area (Å²) >= 11 is 0. The molecular formula is C25H52N2O2. The quantitative estimate of drug-likeness (QED) is 0.208. The Morgan fingerprint density at radius 1 is 0.793 bits per heavy atom. The van der Waals surface area contributed by atoms with Crippen molar-refractivity contribution in [1.82, 2.24) is 4.90 Å². The number of hydrogen-bond donors (Lipinski definition) is 2. The van der Waals surface area contributed by atoms with Gasteiger partial charge in [-0.15, -0.1) is 0 Å². The molecule has 4 heteroatoms. The Morgan fingerprint density at radius 2 is 1.17 bits per heavy atom. The zero-order chi connectivity index (χ0) is 22.0. The van der Waals surface area contributed by atoms with Gasteiger partial charge in [-0.05, 0) is 52.7 Å². The average Bonchev–Trinajstić information content (AvgIpc) is 2.69. The van der Waals surface area contributed by atoms with Crippen LogP contribution >= 0.6 is 0 Å². The number of likely N-dealkylation sites (N-methyl/N-ethyl adjacent to an activating group) is 1. The summed E-state index contributed by atoms with van der Waals surface area (Å²) < 4.78 is 0. The predicted octanol–water partition coefficient (Wildman–Crippen LogP) is 6.62. The number of carbonyl (C=O) groups is 1. The van der Waals surface area contributed by atoms with Crippen LogP contribution < -0.4 is 5.73 Å². The summed E-state index contributed by atoms with van der Waals surface area (Å²) in [5.74, 6) is -0.550. The lowest BCUT2D eigenvalue weighted by atomic mass is 9.78. The van der Waals surface area contributed by atoms with Gasteiger partial charge < -0.3 is 10.8 Å². The van der Waals surface area contributed by atoms with Crippen LogP contribution in [0.1, 0.15) is 123 Å². The molecule has 0 aliphatic carbocycles. The predicted molar refractivity (Wildman–Crippen MR) is 126 cm³/mol. The number of hydrogen-bond acceptors (Lipinski definition) is 3. The zero-order valence-electron chi connectivity index (χ0n) is 20.2. The molecule has 4 nitrogen and oxygen atoms in total. The molecule has 0 heterocycles. The van der Waals surface area contributed by atoms with Gasteiger partial charge in [0, 0.05) is 0 Å². The number of unbranched alkanes of at least 4 members (excludes halogenated alkanes) is 13. The smallest absolute Gasteiger partial charge is 0.324 e. The third-order valence-electron chi connectivity index (χ3n) is 6.82. The van der Waals surface area contributed by atoms with E-state index in [1.165, 1.54) is 83.5 Å². The van der Waals surface area contributed by atoms with Gasteiger partial charge in [0.15, 0.2) is 0 Å². The van der Waals surface area contributed by atoms with Crippen LogP contribution in [0.5, 0.6) is 0 Å².